The van der Waals surface area contributed by atoms with Gasteiger partial charge in [0.1, 0.15) is 11.9 Å². The summed E-state index contributed by atoms with van der Waals surface area (Å²) in [7, 11) is 0. The Bertz CT molecular complexity index is 308. The van der Waals surface area contributed by atoms with Gasteiger partial charge in [-0.2, -0.15) is 13.2 Å². The molecule has 0 aromatic carbocycles. The molecular formula is C10H11F5O. The zero-order valence-corrected chi connectivity index (χ0v) is 8.57. The molecule has 0 aliphatic heterocycles. The first-order chi connectivity index (χ1) is 7.15. The maximum atomic E-state index is 12.4. The van der Waals surface area contributed by atoms with E-state index in [9.17, 15) is 22.0 Å². The molecule has 0 unspecified atom stereocenters. The molecule has 0 amide bonds. The molecule has 0 heterocycles. The molecule has 1 saturated carbocycles. The summed E-state index contributed by atoms with van der Waals surface area (Å²) in [6.45, 7) is 4.29. The van der Waals surface area contributed by atoms with Gasteiger partial charge >= 0.3 is 6.18 Å². The van der Waals surface area contributed by atoms with Gasteiger partial charge in [-0.1, -0.05) is 12.7 Å². The highest BCUT2D eigenvalue weighted by atomic mass is 19.4. The molecule has 92 valence electrons. The van der Waals surface area contributed by atoms with E-state index in [2.05, 4.69) is 6.58 Å². The molecule has 6 heteroatoms. The molecular weight excluding hydrogens is 231 g/mol. The Balaban J connectivity index is 2.54. The fraction of sp³-hybridized carbons (Fsp3) is 0.600. The van der Waals surface area contributed by atoms with Gasteiger partial charge in [0.25, 0.3) is 5.92 Å². The highest BCUT2D eigenvalue weighted by molar-refractivity contribution is 5.27. The van der Waals surface area contributed by atoms with Gasteiger partial charge in [0.15, 0.2) is 0 Å². The minimum Gasteiger partial charge on any atom is -0.490 e. The molecule has 1 aliphatic carbocycles. The van der Waals surface area contributed by atoms with Gasteiger partial charge in [-0.15, -0.1) is 0 Å². The first-order valence-electron chi connectivity index (χ1n) is 4.63. The smallest absolute Gasteiger partial charge is 0.419 e. The van der Waals surface area contributed by atoms with Crippen molar-refractivity contribution in [1.82, 2.24) is 0 Å². The number of hydrogen-bond acceptors (Lipinski definition) is 1. The van der Waals surface area contributed by atoms with E-state index in [1.54, 1.807) is 0 Å². The average Bonchev–Trinajstić information content (AvgIpc) is 1.98. The van der Waals surface area contributed by atoms with Crippen LogP contribution in [-0.2, 0) is 4.74 Å². The van der Waals surface area contributed by atoms with Gasteiger partial charge in [-0.3, -0.25) is 0 Å². The van der Waals surface area contributed by atoms with Crippen LogP contribution in [0, 0.1) is 0 Å². The quantitative estimate of drug-likeness (QED) is 0.415. The van der Waals surface area contributed by atoms with Crippen molar-refractivity contribution >= 4 is 0 Å². The topological polar surface area (TPSA) is 9.23 Å². The van der Waals surface area contributed by atoms with E-state index in [-0.39, 0.29) is 0 Å². The third kappa shape index (κ3) is 2.96. The molecule has 0 bridgehead atoms. The fourth-order valence-corrected chi connectivity index (χ4v) is 1.44. The summed E-state index contributed by atoms with van der Waals surface area (Å²) in [4.78, 5) is 0. The first kappa shape index (κ1) is 13.0. The number of allylic oxidation sites excluding steroid dienone is 2. The third-order valence-electron chi connectivity index (χ3n) is 2.26. The van der Waals surface area contributed by atoms with Gasteiger partial charge in [-0.25, -0.2) is 8.78 Å². The number of rotatable bonds is 3. The minimum absolute atomic E-state index is 0.555. The number of hydrogen-bond donors (Lipinski definition) is 0. The summed E-state index contributed by atoms with van der Waals surface area (Å²) in [6.07, 6.45) is -5.75. The molecule has 0 spiro atoms. The molecule has 0 atom stereocenters. The molecule has 16 heavy (non-hydrogen) atoms. The van der Waals surface area contributed by atoms with Crippen LogP contribution in [0.15, 0.2) is 24.0 Å². The number of ether oxygens (including phenoxy) is 1. The monoisotopic (exact) mass is 242 g/mol. The predicted octanol–water partition coefficient (Wildman–Crippen LogP) is 3.82. The van der Waals surface area contributed by atoms with Crippen molar-refractivity contribution in [2.45, 2.75) is 38.0 Å². The standard InChI is InChI=1S/C10H11F5O/c1-3-8(10(13,14)15)6(2)16-7-4-9(11,12)5-7/h3,7H,2,4-5H2,1H3/b8-3+. The van der Waals surface area contributed by atoms with E-state index in [4.69, 9.17) is 4.74 Å². The molecule has 0 N–H and O–H groups in total. The van der Waals surface area contributed by atoms with E-state index in [0.29, 0.717) is 0 Å². The van der Waals surface area contributed by atoms with Crippen LogP contribution in [0.2, 0.25) is 0 Å². The van der Waals surface area contributed by atoms with Crippen molar-refractivity contribution in [2.75, 3.05) is 0 Å². The second kappa shape index (κ2) is 4.07. The van der Waals surface area contributed by atoms with Crippen LogP contribution >= 0.6 is 0 Å². The van der Waals surface area contributed by atoms with Gasteiger partial charge in [0.2, 0.25) is 0 Å². The lowest BCUT2D eigenvalue weighted by Crippen LogP contribution is -2.41. The zero-order valence-electron chi connectivity index (χ0n) is 8.57. The van der Waals surface area contributed by atoms with Gasteiger partial charge in [0, 0.05) is 12.8 Å². The van der Waals surface area contributed by atoms with Crippen LogP contribution in [-0.4, -0.2) is 18.2 Å². The molecule has 0 aromatic heterocycles. The van der Waals surface area contributed by atoms with Crippen LogP contribution in [0.4, 0.5) is 22.0 Å². The van der Waals surface area contributed by atoms with E-state index >= 15 is 0 Å². The SMILES string of the molecule is C=C(OC1CC(F)(F)C1)/C(=C\C)C(F)(F)F. The Kier molecular flexibility index (Phi) is 3.30. The summed E-state index contributed by atoms with van der Waals surface area (Å²) in [5.41, 5.74) is -1.03. The second-order valence-electron chi connectivity index (χ2n) is 3.63. The molecule has 0 aromatic rings. The first-order valence-corrected chi connectivity index (χ1v) is 4.63. The van der Waals surface area contributed by atoms with Crippen molar-refractivity contribution in [3.05, 3.63) is 24.0 Å². The molecule has 0 radical (unpaired) electrons. The van der Waals surface area contributed by atoms with Crippen LogP contribution in [0.5, 0.6) is 0 Å². The third-order valence-corrected chi connectivity index (χ3v) is 2.26. The molecule has 1 nitrogen and oxygen atoms in total. The number of halogens is 5. The Hall–Kier alpha value is -1.07. The second-order valence-corrected chi connectivity index (χ2v) is 3.63. The van der Waals surface area contributed by atoms with Crippen LogP contribution in [0.1, 0.15) is 19.8 Å². The Morgan fingerprint density at radius 2 is 1.88 bits per heavy atom. The van der Waals surface area contributed by atoms with Crippen LogP contribution in [0.3, 0.4) is 0 Å². The van der Waals surface area contributed by atoms with Crippen LogP contribution in [0.25, 0.3) is 0 Å². The average molecular weight is 242 g/mol. The van der Waals surface area contributed by atoms with Crippen molar-refractivity contribution in [2.24, 2.45) is 0 Å². The lowest BCUT2D eigenvalue weighted by molar-refractivity contribution is -0.154. The normalized spacial score (nSPS) is 21.5. The van der Waals surface area contributed by atoms with Crippen molar-refractivity contribution < 1.29 is 26.7 Å². The highest BCUT2D eigenvalue weighted by Crippen LogP contribution is 2.41. The van der Waals surface area contributed by atoms with Gasteiger partial charge in [0.05, 0.1) is 5.57 Å². The maximum absolute atomic E-state index is 12.4. The Labute approximate surface area is 89.6 Å². The van der Waals surface area contributed by atoms with Crippen LogP contribution < -0.4 is 0 Å². The summed E-state index contributed by atoms with van der Waals surface area (Å²) in [6, 6.07) is 0. The van der Waals surface area contributed by atoms with Gasteiger partial charge in [-0.05, 0) is 6.92 Å². The highest BCUT2D eigenvalue weighted by Gasteiger charge is 2.48. The predicted molar refractivity (Wildman–Crippen MR) is 48.0 cm³/mol. The van der Waals surface area contributed by atoms with E-state index in [1.807, 2.05) is 0 Å². The summed E-state index contributed by atoms with van der Waals surface area (Å²) < 4.78 is 66.6. The molecule has 0 saturated heterocycles. The molecule has 1 rings (SSSR count). The summed E-state index contributed by atoms with van der Waals surface area (Å²) in [5, 5.41) is 0. The van der Waals surface area contributed by atoms with E-state index in [1.165, 1.54) is 6.92 Å². The van der Waals surface area contributed by atoms with Crippen molar-refractivity contribution in [3.8, 4) is 0 Å². The van der Waals surface area contributed by atoms with Crippen molar-refractivity contribution in [3.63, 3.8) is 0 Å². The van der Waals surface area contributed by atoms with Crippen molar-refractivity contribution in [1.29, 1.82) is 0 Å². The lowest BCUT2D eigenvalue weighted by Gasteiger charge is -2.35. The fourth-order valence-electron chi connectivity index (χ4n) is 1.44. The van der Waals surface area contributed by atoms with Gasteiger partial charge < -0.3 is 4.74 Å². The van der Waals surface area contributed by atoms with E-state index in [0.717, 1.165) is 6.08 Å². The Morgan fingerprint density at radius 3 is 2.19 bits per heavy atom. The Morgan fingerprint density at radius 1 is 1.38 bits per heavy atom. The molecule has 1 fully saturated rings. The lowest BCUT2D eigenvalue weighted by atomic mass is 9.91. The largest absolute Gasteiger partial charge is 0.490 e. The van der Waals surface area contributed by atoms with E-state index < -0.39 is 42.4 Å². The summed E-state index contributed by atoms with van der Waals surface area (Å²) in [5.74, 6) is -3.42. The summed E-state index contributed by atoms with van der Waals surface area (Å²) >= 11 is 0. The molecule has 1 aliphatic rings. The maximum Gasteiger partial charge on any atom is 0.419 e. The minimum atomic E-state index is -4.57. The number of alkyl halides is 5. The zero-order chi connectivity index (χ0) is 12.6.